The Balaban J connectivity index is 2.44. The van der Waals surface area contributed by atoms with Gasteiger partial charge in [-0.1, -0.05) is 0 Å². The SMILES string of the molecule is O=C(Cl)I(c1ccccc1)c1ccccc1. The van der Waals surface area contributed by atoms with Gasteiger partial charge in [-0.05, 0) is 0 Å². The molecule has 3 heteroatoms. The Morgan fingerprint density at radius 2 is 1.19 bits per heavy atom. The van der Waals surface area contributed by atoms with E-state index in [4.69, 9.17) is 11.6 Å². The number of rotatable bonds is 3. The third kappa shape index (κ3) is 2.62. The average molecular weight is 345 g/mol. The van der Waals surface area contributed by atoms with Crippen molar-refractivity contribution < 1.29 is 4.79 Å². The normalized spacial score (nSPS) is 10.9. The summed E-state index contributed by atoms with van der Waals surface area (Å²) in [6.45, 7) is 0. The number of benzene rings is 2. The maximum atomic E-state index is 11.6. The molecule has 16 heavy (non-hydrogen) atoms. The van der Waals surface area contributed by atoms with E-state index in [9.17, 15) is 4.79 Å². The predicted octanol–water partition coefficient (Wildman–Crippen LogP) is 4.59. The Kier molecular flexibility index (Phi) is 3.96. The van der Waals surface area contributed by atoms with Gasteiger partial charge in [-0.25, -0.2) is 0 Å². The van der Waals surface area contributed by atoms with Crippen molar-refractivity contribution in [3.8, 4) is 0 Å². The van der Waals surface area contributed by atoms with Crippen LogP contribution in [0.25, 0.3) is 0 Å². The summed E-state index contributed by atoms with van der Waals surface area (Å²) in [7, 11) is 0. The van der Waals surface area contributed by atoms with E-state index in [1.807, 2.05) is 60.7 Å². The minimum atomic E-state index is -2.09. The van der Waals surface area contributed by atoms with Crippen molar-refractivity contribution in [2.24, 2.45) is 0 Å². The van der Waals surface area contributed by atoms with Crippen molar-refractivity contribution >= 4 is 34.7 Å². The van der Waals surface area contributed by atoms with Crippen molar-refractivity contribution in [2.45, 2.75) is 0 Å². The Hall–Kier alpha value is -0.870. The van der Waals surface area contributed by atoms with Crippen LogP contribution in [-0.2, 0) is 0 Å². The quantitative estimate of drug-likeness (QED) is 0.588. The monoisotopic (exact) mass is 344 g/mol. The molecule has 2 aromatic carbocycles. The second kappa shape index (κ2) is 5.46. The zero-order chi connectivity index (χ0) is 11.4. The number of carbonyl (C=O) groups is 1. The molecule has 0 radical (unpaired) electrons. The van der Waals surface area contributed by atoms with Crippen molar-refractivity contribution in [3.63, 3.8) is 0 Å². The van der Waals surface area contributed by atoms with E-state index in [0.29, 0.717) is 0 Å². The fourth-order valence-electron chi connectivity index (χ4n) is 1.38. The number of halogens is 2. The van der Waals surface area contributed by atoms with Crippen molar-refractivity contribution in [3.05, 3.63) is 67.8 Å². The molecule has 82 valence electrons. The van der Waals surface area contributed by atoms with Gasteiger partial charge >= 0.3 is 107 Å². The van der Waals surface area contributed by atoms with E-state index in [1.165, 1.54) is 0 Å². The fourth-order valence-corrected chi connectivity index (χ4v) is 6.45. The molecule has 2 aromatic rings. The topological polar surface area (TPSA) is 17.1 Å². The first-order valence-electron chi connectivity index (χ1n) is 4.78. The molecule has 0 amide bonds. The molecule has 0 heterocycles. The number of carbonyl (C=O) groups excluding carboxylic acids is 1. The van der Waals surface area contributed by atoms with Gasteiger partial charge in [0.1, 0.15) is 0 Å². The van der Waals surface area contributed by atoms with Gasteiger partial charge in [0.15, 0.2) is 0 Å². The summed E-state index contributed by atoms with van der Waals surface area (Å²) in [6.07, 6.45) is 0. The Bertz CT molecular complexity index is 430. The molecule has 0 spiro atoms. The second-order valence-electron chi connectivity index (χ2n) is 3.10. The fraction of sp³-hybridized carbons (Fsp3) is 0. The van der Waals surface area contributed by atoms with Gasteiger partial charge in [-0.15, -0.1) is 0 Å². The third-order valence-corrected chi connectivity index (χ3v) is 7.79. The van der Waals surface area contributed by atoms with Gasteiger partial charge in [-0.3, -0.25) is 0 Å². The van der Waals surface area contributed by atoms with E-state index in [1.54, 1.807) is 0 Å². The first-order valence-corrected chi connectivity index (χ1v) is 8.40. The van der Waals surface area contributed by atoms with Crippen LogP contribution in [0.5, 0.6) is 0 Å². The van der Waals surface area contributed by atoms with E-state index in [0.717, 1.165) is 7.14 Å². The standard InChI is InChI=1S/C13H10ClIO/c14-13(16)15(11-7-3-1-4-8-11)12-9-5-2-6-10-12/h1-10H. The molecular formula is C13H10ClIO. The van der Waals surface area contributed by atoms with E-state index in [-0.39, 0.29) is 3.25 Å². The van der Waals surface area contributed by atoms with Crippen molar-refractivity contribution in [1.82, 2.24) is 0 Å². The molecule has 0 saturated heterocycles. The van der Waals surface area contributed by atoms with Crippen LogP contribution in [0.2, 0.25) is 0 Å². The van der Waals surface area contributed by atoms with Gasteiger partial charge in [0.25, 0.3) is 0 Å². The molecule has 0 atom stereocenters. The molecule has 0 aliphatic heterocycles. The number of hydrogen-bond donors (Lipinski definition) is 0. The summed E-state index contributed by atoms with van der Waals surface area (Å²) in [5.74, 6) is 0. The van der Waals surface area contributed by atoms with Crippen LogP contribution in [0.4, 0.5) is 4.79 Å². The van der Waals surface area contributed by atoms with E-state index >= 15 is 0 Å². The summed E-state index contributed by atoms with van der Waals surface area (Å²) in [5, 5.41) is 0. The van der Waals surface area contributed by atoms with Crippen LogP contribution >= 0.6 is 31.4 Å². The van der Waals surface area contributed by atoms with Crippen LogP contribution in [0.15, 0.2) is 60.7 Å². The molecule has 0 aliphatic rings. The van der Waals surface area contributed by atoms with Gasteiger partial charge in [-0.2, -0.15) is 0 Å². The molecule has 2 rings (SSSR count). The number of hydrogen-bond acceptors (Lipinski definition) is 1. The molecule has 0 unspecified atom stereocenters. The Labute approximate surface area is 107 Å². The van der Waals surface area contributed by atoms with Crippen LogP contribution < -0.4 is 0 Å². The van der Waals surface area contributed by atoms with Crippen LogP contribution in [-0.4, -0.2) is 3.25 Å². The molecule has 0 bridgehead atoms. The molecule has 1 nitrogen and oxygen atoms in total. The second-order valence-corrected chi connectivity index (χ2v) is 9.17. The van der Waals surface area contributed by atoms with Gasteiger partial charge < -0.3 is 0 Å². The summed E-state index contributed by atoms with van der Waals surface area (Å²) in [6, 6.07) is 19.6. The third-order valence-electron chi connectivity index (χ3n) is 2.05. The van der Waals surface area contributed by atoms with Gasteiger partial charge in [0, 0.05) is 0 Å². The molecular weight excluding hydrogens is 334 g/mol. The van der Waals surface area contributed by atoms with Crippen LogP contribution in [0.3, 0.4) is 0 Å². The van der Waals surface area contributed by atoms with Gasteiger partial charge in [0.05, 0.1) is 0 Å². The zero-order valence-corrected chi connectivity index (χ0v) is 11.4. The van der Waals surface area contributed by atoms with Crippen LogP contribution in [0, 0.1) is 7.14 Å². The van der Waals surface area contributed by atoms with Crippen molar-refractivity contribution in [2.75, 3.05) is 0 Å². The molecule has 0 N–H and O–H groups in total. The Morgan fingerprint density at radius 3 is 1.50 bits per heavy atom. The van der Waals surface area contributed by atoms with Gasteiger partial charge in [0.2, 0.25) is 0 Å². The summed E-state index contributed by atoms with van der Waals surface area (Å²) in [4.78, 5) is 11.6. The maximum absolute atomic E-state index is 11.6. The first kappa shape index (κ1) is 11.6. The summed E-state index contributed by atoms with van der Waals surface area (Å²) >= 11 is 3.65. The molecule has 0 aliphatic carbocycles. The van der Waals surface area contributed by atoms with E-state index in [2.05, 4.69) is 0 Å². The summed E-state index contributed by atoms with van der Waals surface area (Å²) < 4.78 is 1.97. The van der Waals surface area contributed by atoms with Crippen molar-refractivity contribution in [1.29, 1.82) is 0 Å². The molecule has 0 fully saturated rings. The minimum absolute atomic E-state index is 0.193. The average Bonchev–Trinajstić information content (AvgIpc) is 2.31. The van der Waals surface area contributed by atoms with Crippen LogP contribution in [0.1, 0.15) is 0 Å². The first-order chi connectivity index (χ1) is 7.79. The zero-order valence-electron chi connectivity index (χ0n) is 8.44. The Morgan fingerprint density at radius 1 is 0.812 bits per heavy atom. The summed E-state index contributed by atoms with van der Waals surface area (Å²) in [5.41, 5.74) is 0. The predicted molar refractivity (Wildman–Crippen MR) is 75.5 cm³/mol. The molecule has 0 aromatic heterocycles. The molecule has 0 saturated carbocycles. The van der Waals surface area contributed by atoms with E-state index < -0.39 is 19.8 Å².